The van der Waals surface area contributed by atoms with Crippen molar-refractivity contribution in [3.63, 3.8) is 0 Å². The quantitative estimate of drug-likeness (QED) is 0.697. The molecule has 1 aromatic carbocycles. The normalized spacial score (nSPS) is 33.5. The molecule has 2 atom stereocenters. The molecule has 1 aliphatic rings. The van der Waals surface area contributed by atoms with Crippen molar-refractivity contribution in [3.05, 3.63) is 35.9 Å². The van der Waals surface area contributed by atoms with Crippen LogP contribution >= 0.6 is 0 Å². The molecule has 0 radical (unpaired) electrons. The highest BCUT2D eigenvalue weighted by atomic mass is 16.3. The summed E-state index contributed by atoms with van der Waals surface area (Å²) in [5, 5.41) is 10.3. The second-order valence-corrected chi connectivity index (χ2v) is 4.25. The first-order chi connectivity index (χ1) is 6.21. The van der Waals surface area contributed by atoms with Gasteiger partial charge in [-0.1, -0.05) is 37.3 Å². The first-order valence-corrected chi connectivity index (χ1v) is 4.99. The smallest absolute Gasteiger partial charge is 0.0899 e. The predicted molar refractivity (Wildman–Crippen MR) is 53.4 cm³/mol. The third kappa shape index (κ3) is 1.61. The van der Waals surface area contributed by atoms with Gasteiger partial charge in [-0.25, -0.2) is 0 Å². The van der Waals surface area contributed by atoms with Crippen molar-refractivity contribution in [2.75, 3.05) is 0 Å². The largest absolute Gasteiger partial charge is 0.385 e. The summed E-state index contributed by atoms with van der Waals surface area (Å²) < 4.78 is 0. The zero-order valence-corrected chi connectivity index (χ0v) is 8.03. The third-order valence-corrected chi connectivity index (χ3v) is 3.05. The van der Waals surface area contributed by atoms with Crippen molar-refractivity contribution < 1.29 is 5.11 Å². The Bertz CT molecular complexity index is 280. The Balaban J connectivity index is 2.26. The molecule has 0 saturated heterocycles. The van der Waals surface area contributed by atoms with Crippen LogP contribution in [0.15, 0.2) is 30.3 Å². The molecular weight excluding hydrogens is 160 g/mol. The fourth-order valence-corrected chi connectivity index (χ4v) is 2.28. The maximum atomic E-state index is 10.3. The Morgan fingerprint density at radius 3 is 2.54 bits per heavy atom. The van der Waals surface area contributed by atoms with Crippen LogP contribution in [0.3, 0.4) is 0 Å². The lowest BCUT2D eigenvalue weighted by Crippen LogP contribution is -2.21. The monoisotopic (exact) mass is 176 g/mol. The average molecular weight is 176 g/mol. The minimum Gasteiger partial charge on any atom is -0.385 e. The summed E-state index contributed by atoms with van der Waals surface area (Å²) in [5.74, 6) is 0.658. The third-order valence-electron chi connectivity index (χ3n) is 3.05. The van der Waals surface area contributed by atoms with Gasteiger partial charge < -0.3 is 5.11 Å². The van der Waals surface area contributed by atoms with Crippen molar-refractivity contribution in [3.8, 4) is 0 Å². The fourth-order valence-electron chi connectivity index (χ4n) is 2.28. The van der Waals surface area contributed by atoms with Crippen LogP contribution < -0.4 is 0 Å². The average Bonchev–Trinajstić information content (AvgIpc) is 2.49. The van der Waals surface area contributed by atoms with Gasteiger partial charge in [0, 0.05) is 0 Å². The Morgan fingerprint density at radius 1 is 1.31 bits per heavy atom. The van der Waals surface area contributed by atoms with Crippen molar-refractivity contribution in [1.29, 1.82) is 0 Å². The molecule has 1 heteroatoms. The summed E-state index contributed by atoms with van der Waals surface area (Å²) in [6.45, 7) is 2.21. The maximum Gasteiger partial charge on any atom is 0.0899 e. The lowest BCUT2D eigenvalue weighted by atomic mass is 9.91. The van der Waals surface area contributed by atoms with E-state index >= 15 is 0 Å². The Morgan fingerprint density at radius 2 is 2.00 bits per heavy atom. The minimum absolute atomic E-state index is 0.541. The highest BCUT2D eigenvalue weighted by Crippen LogP contribution is 2.41. The molecule has 1 aliphatic carbocycles. The van der Waals surface area contributed by atoms with Crippen molar-refractivity contribution in [2.45, 2.75) is 31.8 Å². The zero-order chi connectivity index (χ0) is 9.31. The molecule has 13 heavy (non-hydrogen) atoms. The summed E-state index contributed by atoms with van der Waals surface area (Å²) in [6.07, 6.45) is 2.97. The number of benzene rings is 1. The number of hydrogen-bond donors (Lipinski definition) is 1. The van der Waals surface area contributed by atoms with Crippen LogP contribution in [0.2, 0.25) is 0 Å². The van der Waals surface area contributed by atoms with Crippen molar-refractivity contribution >= 4 is 0 Å². The van der Waals surface area contributed by atoms with Gasteiger partial charge in [-0.2, -0.15) is 0 Å². The second-order valence-electron chi connectivity index (χ2n) is 4.25. The van der Waals surface area contributed by atoms with E-state index in [0.717, 1.165) is 24.8 Å². The van der Waals surface area contributed by atoms with Gasteiger partial charge in [0.15, 0.2) is 0 Å². The first-order valence-electron chi connectivity index (χ1n) is 4.99. The maximum absolute atomic E-state index is 10.3. The standard InChI is InChI=1S/C12H16O/c1-10-7-8-12(13,9-10)11-5-3-2-4-6-11/h2-6,10,13H,7-9H2,1H3/t10-,12-/m0/s1. The molecule has 1 fully saturated rings. The molecule has 0 aliphatic heterocycles. The molecule has 0 amide bonds. The molecule has 0 bridgehead atoms. The van der Waals surface area contributed by atoms with Gasteiger partial charge in [0.25, 0.3) is 0 Å². The van der Waals surface area contributed by atoms with Gasteiger partial charge >= 0.3 is 0 Å². The van der Waals surface area contributed by atoms with E-state index in [0.29, 0.717) is 5.92 Å². The molecule has 1 aromatic rings. The molecule has 1 nitrogen and oxygen atoms in total. The second kappa shape index (κ2) is 3.15. The van der Waals surface area contributed by atoms with E-state index in [9.17, 15) is 5.11 Å². The lowest BCUT2D eigenvalue weighted by Gasteiger charge is -2.22. The van der Waals surface area contributed by atoms with E-state index < -0.39 is 5.60 Å². The van der Waals surface area contributed by atoms with Gasteiger partial charge in [-0.05, 0) is 30.7 Å². The van der Waals surface area contributed by atoms with Crippen LogP contribution in [0.1, 0.15) is 31.7 Å². The molecule has 70 valence electrons. The Hall–Kier alpha value is -0.820. The van der Waals surface area contributed by atoms with Gasteiger partial charge in [-0.15, -0.1) is 0 Å². The predicted octanol–water partition coefficient (Wildman–Crippen LogP) is 2.69. The van der Waals surface area contributed by atoms with E-state index in [2.05, 4.69) is 6.92 Å². The Labute approximate surface area is 79.4 Å². The zero-order valence-electron chi connectivity index (χ0n) is 8.03. The van der Waals surface area contributed by atoms with Gasteiger partial charge in [-0.3, -0.25) is 0 Å². The number of aliphatic hydroxyl groups is 1. The van der Waals surface area contributed by atoms with Crippen molar-refractivity contribution in [1.82, 2.24) is 0 Å². The van der Waals surface area contributed by atoms with E-state index in [1.54, 1.807) is 0 Å². The molecule has 0 unspecified atom stereocenters. The summed E-state index contributed by atoms with van der Waals surface area (Å²) in [4.78, 5) is 0. The van der Waals surface area contributed by atoms with Gasteiger partial charge in [0.2, 0.25) is 0 Å². The fraction of sp³-hybridized carbons (Fsp3) is 0.500. The van der Waals surface area contributed by atoms with Gasteiger partial charge in [0.05, 0.1) is 5.60 Å². The van der Waals surface area contributed by atoms with E-state index in [-0.39, 0.29) is 0 Å². The highest BCUT2D eigenvalue weighted by Gasteiger charge is 2.36. The molecule has 0 aromatic heterocycles. The highest BCUT2D eigenvalue weighted by molar-refractivity contribution is 5.23. The molecule has 2 rings (SSSR count). The molecule has 0 spiro atoms. The summed E-state index contributed by atoms with van der Waals surface area (Å²) in [5.41, 5.74) is 0.542. The first kappa shape index (κ1) is 8.76. The molecular formula is C12H16O. The van der Waals surface area contributed by atoms with E-state index in [1.807, 2.05) is 30.3 Å². The van der Waals surface area contributed by atoms with E-state index in [4.69, 9.17) is 0 Å². The summed E-state index contributed by atoms with van der Waals surface area (Å²) >= 11 is 0. The van der Waals surface area contributed by atoms with Crippen LogP contribution in [0.4, 0.5) is 0 Å². The van der Waals surface area contributed by atoms with Crippen LogP contribution in [0, 0.1) is 5.92 Å². The lowest BCUT2D eigenvalue weighted by molar-refractivity contribution is 0.0408. The van der Waals surface area contributed by atoms with Gasteiger partial charge in [0.1, 0.15) is 0 Å². The number of hydrogen-bond acceptors (Lipinski definition) is 1. The SMILES string of the molecule is C[C@H]1CC[C@@](O)(c2ccccc2)C1. The molecule has 1 saturated carbocycles. The topological polar surface area (TPSA) is 20.2 Å². The number of rotatable bonds is 1. The molecule has 0 heterocycles. The van der Waals surface area contributed by atoms with Crippen LogP contribution in [-0.4, -0.2) is 5.11 Å². The van der Waals surface area contributed by atoms with E-state index in [1.165, 1.54) is 0 Å². The van der Waals surface area contributed by atoms with Crippen LogP contribution in [0.25, 0.3) is 0 Å². The van der Waals surface area contributed by atoms with Crippen molar-refractivity contribution in [2.24, 2.45) is 5.92 Å². The molecule has 1 N–H and O–H groups in total. The van der Waals surface area contributed by atoms with Crippen LogP contribution in [0.5, 0.6) is 0 Å². The summed E-state index contributed by atoms with van der Waals surface area (Å²) in [6, 6.07) is 10.0. The minimum atomic E-state index is -0.541. The van der Waals surface area contributed by atoms with Crippen LogP contribution in [-0.2, 0) is 5.60 Å². The summed E-state index contributed by atoms with van der Waals surface area (Å²) in [7, 11) is 0. The Kier molecular flexibility index (Phi) is 2.12.